The molecule has 1 aromatic rings. The third-order valence-electron chi connectivity index (χ3n) is 15.2. The van der Waals surface area contributed by atoms with E-state index in [1.807, 2.05) is 53.7 Å². The number of Topliss-reactive ketones (excluding diaryl/α,β-unsaturated/α-hetero) is 1. The monoisotopic (exact) mass is 816 g/mol. The third-order valence-corrected chi connectivity index (χ3v) is 15.2. The van der Waals surface area contributed by atoms with Gasteiger partial charge in [0.25, 0.3) is 0 Å². The van der Waals surface area contributed by atoms with Crippen molar-refractivity contribution in [2.45, 2.75) is 212 Å². The van der Waals surface area contributed by atoms with E-state index in [9.17, 15) is 19.8 Å². The lowest BCUT2D eigenvalue weighted by Gasteiger charge is -2.54. The third kappa shape index (κ3) is 8.51. The van der Waals surface area contributed by atoms with E-state index in [1.54, 1.807) is 12.5 Å². The minimum Gasteiger partial charge on any atom is -0.453 e. The second-order valence-corrected chi connectivity index (χ2v) is 19.0. The average molecular weight is 816 g/mol. The van der Waals surface area contributed by atoms with Gasteiger partial charge < -0.3 is 43.1 Å². The fourth-order valence-corrected chi connectivity index (χ4v) is 11.2. The number of ether oxygens (including phenoxy) is 6. The van der Waals surface area contributed by atoms with Crippen LogP contribution in [0.3, 0.4) is 0 Å². The van der Waals surface area contributed by atoms with E-state index in [0.717, 1.165) is 19.3 Å². The number of hydrogen-bond donors (Lipinski definition) is 2. The fourth-order valence-electron chi connectivity index (χ4n) is 11.2. The Morgan fingerprint density at radius 2 is 1.71 bits per heavy atom. The number of hydrogen-bond acceptors (Lipinski definition) is 12. The van der Waals surface area contributed by atoms with Gasteiger partial charge in [-0.3, -0.25) is 9.59 Å². The molecular formula is C46H73NO11. The minimum atomic E-state index is -1.36. The van der Waals surface area contributed by atoms with Crippen LogP contribution in [0.2, 0.25) is 0 Å². The van der Waals surface area contributed by atoms with Gasteiger partial charge in [0.05, 0.1) is 59.9 Å². The van der Waals surface area contributed by atoms with Crippen LogP contribution in [0.5, 0.6) is 0 Å². The summed E-state index contributed by atoms with van der Waals surface area (Å²) < 4.78 is 46.0. The molecular weight excluding hydrogens is 743 g/mol. The molecule has 0 bridgehead atoms. The van der Waals surface area contributed by atoms with Crippen LogP contribution in [0, 0.1) is 35.5 Å². The topological polar surface area (TPSA) is 156 Å². The van der Waals surface area contributed by atoms with Crippen LogP contribution in [0.15, 0.2) is 29.0 Å². The second-order valence-electron chi connectivity index (χ2n) is 19.0. The molecule has 5 aliphatic rings. The first kappa shape index (κ1) is 45.3. The van der Waals surface area contributed by atoms with E-state index in [0.29, 0.717) is 50.8 Å². The Hall–Kier alpha value is -2.19. The Bertz CT molecular complexity index is 1590. The summed E-state index contributed by atoms with van der Waals surface area (Å²) in [5, 5.41) is 23.1. The van der Waals surface area contributed by atoms with E-state index in [4.69, 9.17) is 32.8 Å². The Labute approximate surface area is 346 Å². The summed E-state index contributed by atoms with van der Waals surface area (Å²) in [6.45, 7) is 21.6. The SMILES string of the molecule is CC[C@@H](C(=O)[C@@H](C)[C@@H](O)[C@H](C)[C@@H]1O[C@@H]([C@@H](CC)c2ncco2)CC[C@@H]1C)[C@H]1O[C@]2(C=C[C@@H](OC(C)=O)[C@]3(CC[C@@](C)([C@H]4CC[C@](O)(CC)[C@H](C)O4)O3)O2)[C@H](C)C[C@@H]1C. The molecule has 328 valence electrons. The van der Waals surface area contributed by atoms with E-state index in [1.165, 1.54) is 6.92 Å². The first-order valence-corrected chi connectivity index (χ1v) is 22.5. The molecule has 12 heteroatoms. The first-order chi connectivity index (χ1) is 27.4. The van der Waals surface area contributed by atoms with Gasteiger partial charge in [0.15, 0.2) is 17.8 Å². The molecule has 18 atom stereocenters. The summed E-state index contributed by atoms with van der Waals surface area (Å²) in [4.78, 5) is 31.5. The molecule has 6 rings (SSSR count). The molecule has 1 aromatic heterocycles. The van der Waals surface area contributed by atoms with Gasteiger partial charge in [-0.2, -0.15) is 0 Å². The number of carbonyl (C=O) groups excluding carboxylic acids is 2. The molecule has 0 unspecified atom stereocenters. The molecule has 0 amide bonds. The van der Waals surface area contributed by atoms with E-state index in [-0.39, 0.29) is 59.8 Å². The Morgan fingerprint density at radius 3 is 2.33 bits per heavy atom. The molecule has 58 heavy (non-hydrogen) atoms. The van der Waals surface area contributed by atoms with Gasteiger partial charge in [-0.05, 0) is 95.6 Å². The molecule has 0 radical (unpaired) electrons. The predicted molar refractivity (Wildman–Crippen MR) is 216 cm³/mol. The highest BCUT2D eigenvalue weighted by Gasteiger charge is 2.64. The first-order valence-electron chi connectivity index (χ1n) is 22.5. The molecule has 2 N–H and O–H groups in total. The number of oxazole rings is 1. The zero-order valence-corrected chi connectivity index (χ0v) is 37.0. The summed E-state index contributed by atoms with van der Waals surface area (Å²) in [6, 6.07) is 0. The summed E-state index contributed by atoms with van der Waals surface area (Å²) in [5.41, 5.74) is -1.68. The van der Waals surface area contributed by atoms with Gasteiger partial charge in [-0.25, -0.2) is 4.98 Å². The van der Waals surface area contributed by atoms with Crippen molar-refractivity contribution in [2.24, 2.45) is 35.5 Å². The maximum Gasteiger partial charge on any atom is 0.303 e. The molecule has 4 saturated heterocycles. The normalized spacial score (nSPS) is 43.2. The number of esters is 1. The van der Waals surface area contributed by atoms with Crippen molar-refractivity contribution in [2.75, 3.05) is 0 Å². The van der Waals surface area contributed by atoms with Crippen molar-refractivity contribution in [1.82, 2.24) is 4.98 Å². The molecule has 0 saturated carbocycles. The van der Waals surface area contributed by atoms with E-state index < -0.39 is 58.9 Å². The van der Waals surface area contributed by atoms with Crippen molar-refractivity contribution in [3.05, 3.63) is 30.5 Å². The van der Waals surface area contributed by atoms with E-state index in [2.05, 4.69) is 32.7 Å². The van der Waals surface area contributed by atoms with Crippen molar-refractivity contribution in [3.8, 4) is 0 Å². The van der Waals surface area contributed by atoms with Gasteiger partial charge in [-0.1, -0.05) is 55.4 Å². The highest BCUT2D eigenvalue weighted by atomic mass is 16.8. The highest BCUT2D eigenvalue weighted by molar-refractivity contribution is 5.84. The van der Waals surface area contributed by atoms with Crippen LogP contribution in [-0.4, -0.2) is 92.5 Å². The van der Waals surface area contributed by atoms with Gasteiger partial charge in [-0.15, -0.1) is 0 Å². The molecule has 6 heterocycles. The van der Waals surface area contributed by atoms with Crippen molar-refractivity contribution < 1.29 is 52.6 Å². The quantitative estimate of drug-likeness (QED) is 0.147. The maximum absolute atomic E-state index is 14.7. The molecule has 0 aliphatic carbocycles. The number of carbonyl (C=O) groups is 2. The molecule has 5 aliphatic heterocycles. The standard InChI is InChI=1S/C46H73NO11/c1-12-33(42-47-23-24-52-42)35-16-15-26(4)40(55-35)30(8)38(49)29(7)39(50)34(13-2)41-27(5)25-28(6)45(56-41)20-18-37(54-32(10)48)46(58-45)22-21-43(11,57-46)36-17-19-44(51,14-3)31(9)53-36/h18,20,23-24,26-31,33-38,40-41,49,51H,12-17,19,21-22,25H2,1-11H3/t26-,27-,28+,29-,30-,31-,33+,34-,35+,36+,37+,38+,40+,41-,43-,44+,45-,46-/m0/s1. The average Bonchev–Trinajstić information content (AvgIpc) is 3.85. The summed E-state index contributed by atoms with van der Waals surface area (Å²) >= 11 is 0. The van der Waals surface area contributed by atoms with Gasteiger partial charge in [0.2, 0.25) is 5.79 Å². The minimum absolute atomic E-state index is 0.0169. The molecule has 4 fully saturated rings. The summed E-state index contributed by atoms with van der Waals surface area (Å²) in [6.07, 6.45) is 10.4. The predicted octanol–water partition coefficient (Wildman–Crippen LogP) is 7.83. The van der Waals surface area contributed by atoms with Crippen LogP contribution < -0.4 is 0 Å². The van der Waals surface area contributed by atoms with Crippen LogP contribution >= 0.6 is 0 Å². The van der Waals surface area contributed by atoms with Crippen molar-refractivity contribution in [1.29, 1.82) is 0 Å². The van der Waals surface area contributed by atoms with Gasteiger partial charge >= 0.3 is 5.97 Å². The number of aliphatic hydroxyl groups excluding tert-OH is 1. The second kappa shape index (κ2) is 17.7. The number of rotatable bonds is 13. The lowest BCUT2D eigenvalue weighted by atomic mass is 9.72. The number of ketones is 1. The lowest BCUT2D eigenvalue weighted by molar-refractivity contribution is -0.409. The lowest BCUT2D eigenvalue weighted by Crippen LogP contribution is -2.63. The molecule has 2 spiro atoms. The Kier molecular flexibility index (Phi) is 13.8. The number of aromatic nitrogens is 1. The van der Waals surface area contributed by atoms with Crippen LogP contribution in [-0.2, 0) is 38.0 Å². The van der Waals surface area contributed by atoms with Crippen LogP contribution in [0.25, 0.3) is 0 Å². The fraction of sp³-hybridized carbons (Fsp3) is 0.848. The summed E-state index contributed by atoms with van der Waals surface area (Å²) in [7, 11) is 0. The Morgan fingerprint density at radius 1 is 0.966 bits per heavy atom. The largest absolute Gasteiger partial charge is 0.453 e. The van der Waals surface area contributed by atoms with Crippen molar-refractivity contribution >= 4 is 11.8 Å². The number of aliphatic hydroxyl groups is 2. The van der Waals surface area contributed by atoms with E-state index >= 15 is 0 Å². The highest BCUT2D eigenvalue weighted by Crippen LogP contribution is 2.54. The molecule has 12 nitrogen and oxygen atoms in total. The van der Waals surface area contributed by atoms with Crippen LogP contribution in [0.4, 0.5) is 0 Å². The maximum atomic E-state index is 14.7. The number of nitrogens with zero attached hydrogens (tertiary/aromatic N) is 1. The summed E-state index contributed by atoms with van der Waals surface area (Å²) in [5.74, 6) is -3.78. The van der Waals surface area contributed by atoms with Gasteiger partial charge in [0.1, 0.15) is 12.0 Å². The van der Waals surface area contributed by atoms with Crippen molar-refractivity contribution in [3.63, 3.8) is 0 Å². The van der Waals surface area contributed by atoms with Gasteiger partial charge in [0, 0.05) is 37.0 Å². The zero-order valence-electron chi connectivity index (χ0n) is 37.0. The van der Waals surface area contributed by atoms with Crippen LogP contribution in [0.1, 0.15) is 152 Å². The Balaban J connectivity index is 1.20. The molecule has 0 aromatic carbocycles. The smallest absolute Gasteiger partial charge is 0.303 e. The zero-order chi connectivity index (χ0) is 42.4.